The van der Waals surface area contributed by atoms with Gasteiger partial charge in [0, 0.05) is 17.5 Å². The Morgan fingerprint density at radius 3 is 2.64 bits per heavy atom. The largest absolute Gasteiger partial charge is 0.391 e. The molecule has 0 bridgehead atoms. The van der Waals surface area contributed by atoms with Gasteiger partial charge in [0.05, 0.1) is 27.3 Å². The third-order valence-corrected chi connectivity index (χ3v) is 7.38. The van der Waals surface area contributed by atoms with Crippen LogP contribution < -0.4 is 11.1 Å². The Hall–Kier alpha value is -1.33. The molecule has 4 N–H and O–H groups in total. The number of nitrogens with one attached hydrogen (secondary N) is 1. The fraction of sp³-hybridized carbons (Fsp3) is 0.467. The van der Waals surface area contributed by atoms with Gasteiger partial charge in [-0.25, -0.2) is 13.4 Å². The highest BCUT2D eigenvalue weighted by molar-refractivity contribution is 7.93. The highest BCUT2D eigenvalue weighted by Gasteiger charge is 2.25. The van der Waals surface area contributed by atoms with Crippen LogP contribution in [-0.4, -0.2) is 48.4 Å². The van der Waals surface area contributed by atoms with Crippen molar-refractivity contribution in [2.75, 3.05) is 12.3 Å². The third-order valence-electron chi connectivity index (χ3n) is 3.13. The van der Waals surface area contributed by atoms with Crippen molar-refractivity contribution in [3.05, 3.63) is 22.4 Å². The molecule has 0 spiro atoms. The van der Waals surface area contributed by atoms with Gasteiger partial charge in [-0.1, -0.05) is 0 Å². The van der Waals surface area contributed by atoms with E-state index in [1.54, 1.807) is 17.5 Å². The minimum absolute atomic E-state index is 0.0497. The summed E-state index contributed by atoms with van der Waals surface area (Å²) in [6.45, 7) is 5.97. The number of nitrogens with two attached hydrogens (primary N) is 1. The number of β-amino-alcohol motifs (C(OH)–C–C–N with tert-alkyl or cyclic N) is 1. The summed E-state index contributed by atoms with van der Waals surface area (Å²) >= 11 is 2.15. The molecule has 10 heteroatoms. The highest BCUT2D eigenvalue weighted by Crippen LogP contribution is 2.30. The van der Waals surface area contributed by atoms with E-state index in [1.165, 1.54) is 0 Å². The van der Waals surface area contributed by atoms with Crippen LogP contribution in [0, 0.1) is 0 Å². The number of nitrogens with zero attached hydrogens (tertiary/aromatic N) is 1. The summed E-state index contributed by atoms with van der Waals surface area (Å²) in [5.74, 6) is -0.936. The second kappa shape index (κ2) is 7.50. The van der Waals surface area contributed by atoms with Gasteiger partial charge in [-0.15, -0.1) is 22.7 Å². The van der Waals surface area contributed by atoms with Crippen molar-refractivity contribution < 1.29 is 18.3 Å². The molecule has 1 amide bonds. The molecule has 0 saturated carbocycles. The molecule has 0 aliphatic rings. The van der Waals surface area contributed by atoms with Crippen LogP contribution in [0.1, 0.15) is 30.4 Å². The second-order valence-electron chi connectivity index (χ2n) is 6.59. The quantitative estimate of drug-likeness (QED) is 0.644. The second-order valence-corrected chi connectivity index (χ2v) is 10.7. The van der Waals surface area contributed by atoms with Crippen LogP contribution in [0.15, 0.2) is 21.9 Å². The van der Waals surface area contributed by atoms with Crippen molar-refractivity contribution in [2.45, 2.75) is 36.8 Å². The molecular formula is C15H21N3O4S3. The number of primary amides is 1. The molecule has 0 aromatic carbocycles. The van der Waals surface area contributed by atoms with E-state index < -0.39 is 27.6 Å². The zero-order valence-corrected chi connectivity index (χ0v) is 16.6. The normalized spacial score (nSPS) is 13.8. The Balaban J connectivity index is 2.10. The van der Waals surface area contributed by atoms with Gasteiger partial charge < -0.3 is 16.2 Å². The number of carbonyl (C=O) groups excluding carboxylic acids is 1. The first-order chi connectivity index (χ1) is 11.5. The lowest BCUT2D eigenvalue weighted by atomic mass is 10.1. The van der Waals surface area contributed by atoms with Crippen LogP contribution in [0.3, 0.4) is 0 Å². The third kappa shape index (κ3) is 5.58. The van der Waals surface area contributed by atoms with Crippen molar-refractivity contribution in [3.8, 4) is 10.6 Å². The number of hydrogen-bond acceptors (Lipinski definition) is 8. The molecule has 1 atom stereocenters. The topological polar surface area (TPSA) is 122 Å². The smallest absolute Gasteiger partial charge is 0.258 e. The van der Waals surface area contributed by atoms with E-state index in [2.05, 4.69) is 10.3 Å². The Morgan fingerprint density at radius 1 is 1.40 bits per heavy atom. The summed E-state index contributed by atoms with van der Waals surface area (Å²) < 4.78 is 24.8. The molecule has 2 aromatic rings. The zero-order valence-electron chi connectivity index (χ0n) is 14.1. The van der Waals surface area contributed by atoms with Crippen LogP contribution in [0.5, 0.6) is 0 Å². The maximum atomic E-state index is 12.4. The fourth-order valence-corrected chi connectivity index (χ4v) is 5.30. The summed E-state index contributed by atoms with van der Waals surface area (Å²) in [6, 6.07) is 3.26. The summed E-state index contributed by atoms with van der Waals surface area (Å²) in [5, 5.41) is 14.7. The predicted molar refractivity (Wildman–Crippen MR) is 99.8 cm³/mol. The van der Waals surface area contributed by atoms with Gasteiger partial charge in [-0.2, -0.15) is 0 Å². The number of carbonyl (C=O) groups is 1. The van der Waals surface area contributed by atoms with Gasteiger partial charge in [0.2, 0.25) is 14.2 Å². The van der Waals surface area contributed by atoms with Crippen LogP contribution in [0.25, 0.3) is 10.6 Å². The number of rotatable bonds is 7. The summed E-state index contributed by atoms with van der Waals surface area (Å²) in [7, 11) is -3.69. The van der Waals surface area contributed by atoms with Crippen molar-refractivity contribution in [1.82, 2.24) is 10.3 Å². The molecular weight excluding hydrogens is 382 g/mol. The molecule has 0 fully saturated rings. The molecule has 138 valence electrons. The average Bonchev–Trinajstić information content (AvgIpc) is 3.12. The minimum atomic E-state index is -3.69. The van der Waals surface area contributed by atoms with Crippen LogP contribution in [0.4, 0.5) is 0 Å². The number of thiazole rings is 1. The monoisotopic (exact) mass is 403 g/mol. The van der Waals surface area contributed by atoms with Gasteiger partial charge in [-0.05, 0) is 32.9 Å². The molecule has 2 rings (SSSR count). The summed E-state index contributed by atoms with van der Waals surface area (Å²) in [4.78, 5) is 16.3. The zero-order chi connectivity index (χ0) is 18.8. The highest BCUT2D eigenvalue weighted by atomic mass is 32.2. The molecule has 0 saturated heterocycles. The molecule has 1 unspecified atom stereocenters. The SMILES string of the molecule is CC(C)(C)NCC(O)CS(=O)(=O)c1nc(-c2ccc(C(N)=O)s2)cs1. The number of sulfone groups is 1. The van der Waals surface area contributed by atoms with E-state index in [0.717, 1.165) is 22.7 Å². The maximum absolute atomic E-state index is 12.4. The first-order valence-corrected chi connectivity index (χ1v) is 10.8. The molecule has 25 heavy (non-hydrogen) atoms. The molecule has 0 aliphatic heterocycles. The van der Waals surface area contributed by atoms with E-state index in [1.807, 2.05) is 20.8 Å². The van der Waals surface area contributed by atoms with Crippen LogP contribution >= 0.6 is 22.7 Å². The van der Waals surface area contributed by atoms with Gasteiger partial charge in [0.25, 0.3) is 5.91 Å². The molecule has 2 heterocycles. The van der Waals surface area contributed by atoms with Gasteiger partial charge >= 0.3 is 0 Å². The first-order valence-electron chi connectivity index (χ1n) is 7.49. The predicted octanol–water partition coefficient (Wildman–Crippen LogP) is 1.49. The fourth-order valence-electron chi connectivity index (χ4n) is 1.93. The molecule has 0 radical (unpaired) electrons. The number of hydrogen-bond donors (Lipinski definition) is 3. The lowest BCUT2D eigenvalue weighted by Gasteiger charge is -2.22. The van der Waals surface area contributed by atoms with Crippen LogP contribution in [0.2, 0.25) is 0 Å². The van der Waals surface area contributed by atoms with Gasteiger partial charge in [0.1, 0.15) is 0 Å². The van der Waals surface area contributed by atoms with E-state index in [4.69, 9.17) is 5.73 Å². The standard InChI is InChI=1S/C15H21N3O4S3/c1-15(2,3)17-6-9(19)8-25(21,22)14-18-10(7-23-14)11-4-5-12(24-11)13(16)20/h4-5,7,9,17,19H,6,8H2,1-3H3,(H2,16,20). The number of aliphatic hydroxyl groups is 1. The Morgan fingerprint density at radius 2 is 2.08 bits per heavy atom. The van der Waals surface area contributed by atoms with Gasteiger partial charge in [0.15, 0.2) is 0 Å². The average molecular weight is 404 g/mol. The Bertz CT molecular complexity index is 849. The Kier molecular flexibility index (Phi) is 6.00. The maximum Gasteiger partial charge on any atom is 0.258 e. The lowest BCUT2D eigenvalue weighted by Crippen LogP contribution is -2.42. The minimum Gasteiger partial charge on any atom is -0.391 e. The summed E-state index contributed by atoms with van der Waals surface area (Å²) in [5.41, 5.74) is 5.48. The van der Waals surface area contributed by atoms with Crippen LogP contribution in [-0.2, 0) is 9.84 Å². The van der Waals surface area contributed by atoms with Gasteiger partial charge in [-0.3, -0.25) is 4.79 Å². The molecule has 7 nitrogen and oxygen atoms in total. The van der Waals surface area contributed by atoms with Crippen molar-refractivity contribution in [3.63, 3.8) is 0 Å². The number of amides is 1. The molecule has 2 aromatic heterocycles. The van der Waals surface area contributed by atoms with E-state index >= 15 is 0 Å². The number of aliphatic hydroxyl groups excluding tert-OH is 1. The summed E-state index contributed by atoms with van der Waals surface area (Å²) in [6.07, 6.45) is -1.03. The van der Waals surface area contributed by atoms with Crippen molar-refractivity contribution in [2.24, 2.45) is 5.73 Å². The van der Waals surface area contributed by atoms with Crippen molar-refractivity contribution >= 4 is 38.4 Å². The van der Waals surface area contributed by atoms with E-state index in [0.29, 0.717) is 15.4 Å². The van der Waals surface area contributed by atoms with E-state index in [9.17, 15) is 18.3 Å². The lowest BCUT2D eigenvalue weighted by molar-refractivity contribution is 0.100. The number of aromatic nitrogens is 1. The van der Waals surface area contributed by atoms with E-state index in [-0.39, 0.29) is 16.4 Å². The Labute approximate surface area is 154 Å². The number of thiophene rings is 1. The van der Waals surface area contributed by atoms with Crippen molar-refractivity contribution in [1.29, 1.82) is 0 Å². The molecule has 0 aliphatic carbocycles. The first kappa shape index (κ1) is 20.0.